The van der Waals surface area contributed by atoms with Crippen molar-refractivity contribution in [2.24, 2.45) is 0 Å². The molecule has 20 heavy (non-hydrogen) atoms. The molecule has 0 saturated carbocycles. The van der Waals surface area contributed by atoms with Crippen molar-refractivity contribution in [2.45, 2.75) is 45.1 Å². The van der Waals surface area contributed by atoms with E-state index in [9.17, 15) is 0 Å². The summed E-state index contributed by atoms with van der Waals surface area (Å²) in [5.74, 6) is 1.06. The fourth-order valence-electron chi connectivity index (χ4n) is 3.10. The van der Waals surface area contributed by atoms with Crippen molar-refractivity contribution in [1.82, 2.24) is 5.32 Å². The van der Waals surface area contributed by atoms with Gasteiger partial charge in [-0.05, 0) is 57.7 Å². The number of benzene rings is 1. The third-order valence-electron chi connectivity index (χ3n) is 4.30. The summed E-state index contributed by atoms with van der Waals surface area (Å²) in [6, 6.07) is 8.79. The number of fused-ring (bicyclic) bond motifs is 1. The minimum Gasteiger partial charge on any atom is -0.459 e. The van der Waals surface area contributed by atoms with Crippen molar-refractivity contribution in [2.75, 3.05) is 7.05 Å². The zero-order valence-electron chi connectivity index (χ0n) is 12.4. The maximum Gasteiger partial charge on any atom is 0.137 e. The minimum absolute atomic E-state index is 0.283. The Bertz CT molecular complexity index is 623. The molecule has 0 aliphatic heterocycles. The van der Waals surface area contributed by atoms with Crippen LogP contribution in [0, 0.1) is 6.92 Å². The molecule has 1 aliphatic carbocycles. The molecule has 1 N–H and O–H groups in total. The van der Waals surface area contributed by atoms with E-state index >= 15 is 0 Å². The lowest BCUT2D eigenvalue weighted by molar-refractivity contribution is 0.442. The predicted molar refractivity (Wildman–Crippen MR) is 83.9 cm³/mol. The Kier molecular flexibility index (Phi) is 3.93. The summed E-state index contributed by atoms with van der Waals surface area (Å²) in [6.45, 7) is 2.10. The van der Waals surface area contributed by atoms with Crippen molar-refractivity contribution in [3.63, 3.8) is 0 Å². The first-order valence-electron chi connectivity index (χ1n) is 7.62. The molecule has 0 spiro atoms. The largest absolute Gasteiger partial charge is 0.459 e. The van der Waals surface area contributed by atoms with Gasteiger partial charge in [0.1, 0.15) is 11.3 Å². The molecule has 1 aromatic carbocycles. The number of aryl methyl sites for hydroxylation is 1. The van der Waals surface area contributed by atoms with Crippen molar-refractivity contribution >= 4 is 11.0 Å². The first-order valence-corrected chi connectivity index (χ1v) is 7.62. The Hall–Kier alpha value is -1.54. The van der Waals surface area contributed by atoms with Crippen LogP contribution in [0.4, 0.5) is 0 Å². The maximum atomic E-state index is 6.10. The summed E-state index contributed by atoms with van der Waals surface area (Å²) in [5.41, 5.74) is 3.81. The molecular formula is C18H23NO. The number of nitrogens with one attached hydrogen (secondary N) is 1. The van der Waals surface area contributed by atoms with Gasteiger partial charge >= 0.3 is 0 Å². The van der Waals surface area contributed by atoms with Crippen LogP contribution in [0.25, 0.3) is 11.0 Å². The summed E-state index contributed by atoms with van der Waals surface area (Å²) in [7, 11) is 2.02. The topological polar surface area (TPSA) is 25.2 Å². The number of para-hydroxylation sites is 1. The van der Waals surface area contributed by atoms with E-state index in [1.165, 1.54) is 36.6 Å². The Balaban J connectivity index is 1.87. The second-order valence-electron chi connectivity index (χ2n) is 5.80. The normalized spacial score (nSPS) is 17.2. The standard InChI is InChI=1S/C18H23NO/c1-13-7-6-10-15-12-17(20-18(13)15)16(19-2)11-14-8-4-3-5-9-14/h6-8,10,12,16,19H,3-5,9,11H2,1-2H3. The molecule has 2 heteroatoms. The van der Waals surface area contributed by atoms with Crippen LogP contribution in [-0.4, -0.2) is 7.05 Å². The Morgan fingerprint density at radius 1 is 1.30 bits per heavy atom. The van der Waals surface area contributed by atoms with E-state index in [0.717, 1.165) is 17.8 Å². The van der Waals surface area contributed by atoms with Gasteiger partial charge in [-0.15, -0.1) is 0 Å². The highest BCUT2D eigenvalue weighted by Gasteiger charge is 2.17. The number of hydrogen-bond acceptors (Lipinski definition) is 2. The summed E-state index contributed by atoms with van der Waals surface area (Å²) in [6.07, 6.45) is 8.65. The second kappa shape index (κ2) is 5.84. The first kappa shape index (κ1) is 13.4. The Morgan fingerprint density at radius 3 is 2.90 bits per heavy atom. The molecule has 0 saturated heterocycles. The molecular weight excluding hydrogens is 246 g/mol. The molecule has 0 radical (unpaired) electrons. The molecule has 1 atom stereocenters. The molecule has 2 nitrogen and oxygen atoms in total. The van der Waals surface area contributed by atoms with Crippen LogP contribution in [0.15, 0.2) is 40.3 Å². The van der Waals surface area contributed by atoms with E-state index < -0.39 is 0 Å². The molecule has 1 heterocycles. The molecule has 1 aliphatic rings. The average Bonchev–Trinajstić information content (AvgIpc) is 2.91. The highest BCUT2D eigenvalue weighted by molar-refractivity contribution is 5.81. The number of hydrogen-bond donors (Lipinski definition) is 1. The summed E-state index contributed by atoms with van der Waals surface area (Å²) >= 11 is 0. The van der Waals surface area contributed by atoms with Crippen molar-refractivity contribution < 1.29 is 4.42 Å². The lowest BCUT2D eigenvalue weighted by Gasteiger charge is -2.18. The van der Waals surface area contributed by atoms with E-state index in [1.54, 1.807) is 5.57 Å². The van der Waals surface area contributed by atoms with Gasteiger partial charge in [0.2, 0.25) is 0 Å². The fraction of sp³-hybridized carbons (Fsp3) is 0.444. The van der Waals surface area contributed by atoms with Gasteiger partial charge in [0.05, 0.1) is 6.04 Å². The highest BCUT2D eigenvalue weighted by atomic mass is 16.3. The SMILES string of the molecule is CNC(CC1=CCCCC1)c1cc2cccc(C)c2o1. The average molecular weight is 269 g/mol. The molecule has 1 unspecified atom stereocenters. The quantitative estimate of drug-likeness (QED) is 0.799. The number of allylic oxidation sites excluding steroid dienone is 1. The van der Waals surface area contributed by atoms with Gasteiger partial charge in [-0.2, -0.15) is 0 Å². The van der Waals surface area contributed by atoms with Gasteiger partial charge in [0.25, 0.3) is 0 Å². The summed E-state index contributed by atoms with van der Waals surface area (Å²) in [5, 5.41) is 4.62. The van der Waals surface area contributed by atoms with Gasteiger partial charge < -0.3 is 9.73 Å². The maximum absolute atomic E-state index is 6.10. The molecule has 106 valence electrons. The van der Waals surface area contributed by atoms with Crippen LogP contribution >= 0.6 is 0 Å². The lowest BCUT2D eigenvalue weighted by atomic mass is 9.93. The molecule has 0 fully saturated rings. The van der Waals surface area contributed by atoms with E-state index in [0.29, 0.717) is 0 Å². The van der Waals surface area contributed by atoms with Crippen LogP contribution in [0.2, 0.25) is 0 Å². The van der Waals surface area contributed by atoms with Gasteiger partial charge in [0.15, 0.2) is 0 Å². The van der Waals surface area contributed by atoms with E-state index in [2.05, 4.69) is 42.6 Å². The van der Waals surface area contributed by atoms with Crippen molar-refractivity contribution in [3.05, 3.63) is 47.2 Å². The Morgan fingerprint density at radius 2 is 2.20 bits per heavy atom. The molecule has 2 aromatic rings. The van der Waals surface area contributed by atoms with E-state index in [4.69, 9.17) is 4.42 Å². The predicted octanol–water partition coefficient (Wildman–Crippen LogP) is 4.89. The summed E-state index contributed by atoms with van der Waals surface area (Å²) in [4.78, 5) is 0. The Labute approximate surface area is 120 Å². The first-order chi connectivity index (χ1) is 9.78. The second-order valence-corrected chi connectivity index (χ2v) is 5.80. The third kappa shape index (κ3) is 2.66. The zero-order chi connectivity index (χ0) is 13.9. The van der Waals surface area contributed by atoms with Crippen LogP contribution in [0.1, 0.15) is 49.5 Å². The van der Waals surface area contributed by atoms with Crippen molar-refractivity contribution in [3.8, 4) is 0 Å². The van der Waals surface area contributed by atoms with E-state index in [1.807, 2.05) is 7.05 Å². The zero-order valence-corrected chi connectivity index (χ0v) is 12.4. The van der Waals surface area contributed by atoms with Gasteiger partial charge in [-0.25, -0.2) is 0 Å². The van der Waals surface area contributed by atoms with Crippen LogP contribution in [0.5, 0.6) is 0 Å². The van der Waals surface area contributed by atoms with Crippen molar-refractivity contribution in [1.29, 1.82) is 0 Å². The third-order valence-corrected chi connectivity index (χ3v) is 4.30. The van der Waals surface area contributed by atoms with Crippen LogP contribution in [0.3, 0.4) is 0 Å². The smallest absolute Gasteiger partial charge is 0.137 e. The van der Waals surface area contributed by atoms with Crippen LogP contribution in [-0.2, 0) is 0 Å². The van der Waals surface area contributed by atoms with Gasteiger partial charge in [0, 0.05) is 5.39 Å². The number of furan rings is 1. The monoisotopic (exact) mass is 269 g/mol. The lowest BCUT2D eigenvalue weighted by Crippen LogP contribution is -2.16. The molecule has 0 amide bonds. The van der Waals surface area contributed by atoms with Gasteiger partial charge in [-0.3, -0.25) is 0 Å². The van der Waals surface area contributed by atoms with Gasteiger partial charge in [-0.1, -0.05) is 29.8 Å². The minimum atomic E-state index is 0.283. The van der Waals surface area contributed by atoms with E-state index in [-0.39, 0.29) is 6.04 Å². The molecule has 3 rings (SSSR count). The fourth-order valence-corrected chi connectivity index (χ4v) is 3.10. The highest BCUT2D eigenvalue weighted by Crippen LogP contribution is 2.31. The number of rotatable bonds is 4. The van der Waals surface area contributed by atoms with Crippen LogP contribution < -0.4 is 5.32 Å². The molecule has 0 bridgehead atoms. The molecule has 1 aromatic heterocycles. The summed E-state index contributed by atoms with van der Waals surface area (Å²) < 4.78 is 6.10.